The molecule has 204 valence electrons. The number of ether oxygens (including phenoxy) is 1. The van der Waals surface area contributed by atoms with Crippen molar-refractivity contribution < 1.29 is 24.2 Å². The summed E-state index contributed by atoms with van der Waals surface area (Å²) in [6.07, 6.45) is 1.63. The number of thiocarbonyl (C=S) groups is 1. The van der Waals surface area contributed by atoms with Gasteiger partial charge in [0, 0.05) is 31.9 Å². The first kappa shape index (κ1) is 27.4. The molecule has 0 aromatic heterocycles. The number of carboxylic acid groups (broad SMARTS) is 1. The molecule has 1 N–H and O–H groups in total. The molecule has 5 rings (SSSR count). The molecule has 40 heavy (non-hydrogen) atoms. The quantitative estimate of drug-likeness (QED) is 0.311. The largest absolute Gasteiger partial charge is 0.488 e. The third-order valence-electron chi connectivity index (χ3n) is 6.62. The molecule has 2 saturated heterocycles. The Balaban J connectivity index is 1.38. The molecule has 0 saturated carbocycles. The van der Waals surface area contributed by atoms with Crippen LogP contribution in [0, 0.1) is 0 Å². The molecule has 2 aliphatic heterocycles. The van der Waals surface area contributed by atoms with E-state index in [0.717, 1.165) is 27.9 Å². The summed E-state index contributed by atoms with van der Waals surface area (Å²) in [5, 5.41) is 9.11. The SMILES string of the molecule is O=C(O)CN1C(=O)C(=Cc2ccc(OCc3ccccc3)c(C(=O)N3CCN(c4ccccc4)CC3)c2)SC1=S. The lowest BCUT2D eigenvalue weighted by Crippen LogP contribution is -2.48. The van der Waals surface area contributed by atoms with E-state index < -0.39 is 18.4 Å². The standard InChI is InChI=1S/C30H27N3O5S2/c34-27(35)19-33-29(37)26(40-30(33)39)18-22-11-12-25(38-20-21-7-3-1-4-8-21)24(17-22)28(36)32-15-13-31(14-16-32)23-9-5-2-6-10-23/h1-12,17-18H,13-16,19-20H2,(H,34,35). The summed E-state index contributed by atoms with van der Waals surface area (Å²) >= 11 is 6.25. The van der Waals surface area contributed by atoms with Crippen LogP contribution in [0.25, 0.3) is 6.08 Å². The Kier molecular flexibility index (Phi) is 8.47. The Bertz CT molecular complexity index is 1450. The van der Waals surface area contributed by atoms with Gasteiger partial charge >= 0.3 is 5.97 Å². The molecule has 2 amide bonds. The van der Waals surface area contributed by atoms with Crippen LogP contribution in [0.4, 0.5) is 5.69 Å². The summed E-state index contributed by atoms with van der Waals surface area (Å²) in [6.45, 7) is 2.35. The zero-order valence-electron chi connectivity index (χ0n) is 21.6. The third-order valence-corrected chi connectivity index (χ3v) is 8.00. The smallest absolute Gasteiger partial charge is 0.323 e. The van der Waals surface area contributed by atoms with E-state index in [2.05, 4.69) is 17.0 Å². The third kappa shape index (κ3) is 6.35. The number of carbonyl (C=O) groups excluding carboxylic acids is 2. The molecule has 3 aromatic rings. The van der Waals surface area contributed by atoms with Crippen molar-refractivity contribution in [2.45, 2.75) is 6.61 Å². The maximum absolute atomic E-state index is 13.8. The topological polar surface area (TPSA) is 90.4 Å². The number of carbonyl (C=O) groups is 3. The van der Waals surface area contributed by atoms with Crippen molar-refractivity contribution in [3.63, 3.8) is 0 Å². The van der Waals surface area contributed by atoms with Crippen molar-refractivity contribution >= 4 is 57.8 Å². The van der Waals surface area contributed by atoms with Crippen molar-refractivity contribution in [3.05, 3.63) is 100 Å². The Labute approximate surface area is 241 Å². The van der Waals surface area contributed by atoms with Crippen molar-refractivity contribution in [1.82, 2.24) is 9.80 Å². The number of benzene rings is 3. The second kappa shape index (κ2) is 12.4. The van der Waals surface area contributed by atoms with Crippen molar-refractivity contribution in [2.75, 3.05) is 37.6 Å². The molecule has 3 aromatic carbocycles. The van der Waals surface area contributed by atoms with Gasteiger partial charge in [0.25, 0.3) is 11.8 Å². The van der Waals surface area contributed by atoms with Crippen LogP contribution in [0.5, 0.6) is 5.75 Å². The van der Waals surface area contributed by atoms with Crippen molar-refractivity contribution in [2.24, 2.45) is 0 Å². The van der Waals surface area contributed by atoms with Gasteiger partial charge in [-0.15, -0.1) is 0 Å². The number of hydrogen-bond acceptors (Lipinski definition) is 7. The van der Waals surface area contributed by atoms with Crippen LogP contribution in [0.15, 0.2) is 83.8 Å². The van der Waals surface area contributed by atoms with Crippen LogP contribution in [-0.4, -0.2) is 69.7 Å². The van der Waals surface area contributed by atoms with Gasteiger partial charge in [0.1, 0.15) is 23.2 Å². The second-order valence-corrected chi connectivity index (χ2v) is 11.0. The summed E-state index contributed by atoms with van der Waals surface area (Å²) < 4.78 is 6.29. The molecule has 0 unspecified atom stereocenters. The van der Waals surface area contributed by atoms with Gasteiger partial charge in [-0.1, -0.05) is 78.6 Å². The molecule has 0 radical (unpaired) electrons. The molecule has 2 heterocycles. The average molecular weight is 574 g/mol. The normalized spacial score (nSPS) is 16.5. The van der Waals surface area contributed by atoms with E-state index in [0.29, 0.717) is 54.6 Å². The minimum atomic E-state index is -1.14. The van der Waals surface area contributed by atoms with Crippen LogP contribution in [-0.2, 0) is 16.2 Å². The van der Waals surface area contributed by atoms with Gasteiger partial charge in [-0.2, -0.15) is 0 Å². The lowest BCUT2D eigenvalue weighted by Gasteiger charge is -2.36. The van der Waals surface area contributed by atoms with E-state index >= 15 is 0 Å². The Hall–Kier alpha value is -4.15. The highest BCUT2D eigenvalue weighted by Crippen LogP contribution is 2.33. The number of amides is 2. The van der Waals surface area contributed by atoms with E-state index in [1.807, 2.05) is 53.4 Å². The highest BCUT2D eigenvalue weighted by Gasteiger charge is 2.33. The average Bonchev–Trinajstić information content (AvgIpc) is 3.24. The molecular weight excluding hydrogens is 546 g/mol. The van der Waals surface area contributed by atoms with Crippen molar-refractivity contribution in [1.29, 1.82) is 0 Å². The molecular formula is C30H27N3O5S2. The number of nitrogens with zero attached hydrogens (tertiary/aromatic N) is 3. The zero-order chi connectivity index (χ0) is 28.1. The van der Waals surface area contributed by atoms with Crippen LogP contribution >= 0.6 is 24.0 Å². The molecule has 2 fully saturated rings. The predicted molar refractivity (Wildman–Crippen MR) is 159 cm³/mol. The minimum Gasteiger partial charge on any atom is -0.488 e. The molecule has 0 bridgehead atoms. The van der Waals surface area contributed by atoms with Gasteiger partial charge in [-0.05, 0) is 41.5 Å². The fourth-order valence-corrected chi connectivity index (χ4v) is 5.82. The van der Waals surface area contributed by atoms with Gasteiger partial charge in [0.2, 0.25) is 0 Å². The van der Waals surface area contributed by atoms with Crippen LogP contribution in [0.2, 0.25) is 0 Å². The van der Waals surface area contributed by atoms with E-state index in [1.165, 1.54) is 0 Å². The van der Waals surface area contributed by atoms with Gasteiger partial charge in [0.05, 0.1) is 10.5 Å². The first-order valence-corrected chi connectivity index (χ1v) is 14.0. The molecule has 0 spiro atoms. The molecule has 2 aliphatic rings. The monoisotopic (exact) mass is 573 g/mol. The summed E-state index contributed by atoms with van der Waals surface area (Å²) in [7, 11) is 0. The zero-order valence-corrected chi connectivity index (χ0v) is 23.2. The van der Waals surface area contributed by atoms with E-state index in [9.17, 15) is 14.4 Å². The summed E-state index contributed by atoms with van der Waals surface area (Å²) in [5.41, 5.74) is 3.13. The van der Waals surface area contributed by atoms with E-state index in [-0.39, 0.29) is 10.2 Å². The highest BCUT2D eigenvalue weighted by molar-refractivity contribution is 8.26. The lowest BCUT2D eigenvalue weighted by atomic mass is 10.1. The number of thioether (sulfide) groups is 1. The number of aliphatic carboxylic acids is 1. The Morgan fingerprint density at radius 3 is 2.30 bits per heavy atom. The molecule has 0 aliphatic carbocycles. The maximum atomic E-state index is 13.8. The number of rotatable bonds is 8. The molecule has 8 nitrogen and oxygen atoms in total. The van der Waals surface area contributed by atoms with E-state index in [4.69, 9.17) is 22.1 Å². The minimum absolute atomic E-state index is 0.149. The van der Waals surface area contributed by atoms with Crippen LogP contribution < -0.4 is 9.64 Å². The Morgan fingerprint density at radius 2 is 1.62 bits per heavy atom. The van der Waals surface area contributed by atoms with E-state index in [1.54, 1.807) is 24.3 Å². The summed E-state index contributed by atoms with van der Waals surface area (Å²) in [4.78, 5) is 43.2. The van der Waals surface area contributed by atoms with Crippen LogP contribution in [0.1, 0.15) is 21.5 Å². The first-order valence-electron chi connectivity index (χ1n) is 12.8. The van der Waals surface area contributed by atoms with Gasteiger partial charge < -0.3 is 19.6 Å². The molecule has 10 heteroatoms. The van der Waals surface area contributed by atoms with Gasteiger partial charge in [0.15, 0.2) is 0 Å². The van der Waals surface area contributed by atoms with Crippen molar-refractivity contribution in [3.8, 4) is 5.75 Å². The lowest BCUT2D eigenvalue weighted by molar-refractivity contribution is -0.140. The number of anilines is 1. The van der Waals surface area contributed by atoms with Gasteiger partial charge in [-0.3, -0.25) is 19.3 Å². The predicted octanol–water partition coefficient (Wildman–Crippen LogP) is 4.51. The number of piperazine rings is 1. The van der Waals surface area contributed by atoms with Gasteiger partial charge in [-0.25, -0.2) is 0 Å². The number of hydrogen-bond donors (Lipinski definition) is 1. The highest BCUT2D eigenvalue weighted by atomic mass is 32.2. The first-order chi connectivity index (χ1) is 19.4. The fraction of sp³-hybridized carbons (Fsp3) is 0.200. The number of carboxylic acids is 1. The maximum Gasteiger partial charge on any atom is 0.323 e. The van der Waals surface area contributed by atoms with Crippen LogP contribution in [0.3, 0.4) is 0 Å². The summed E-state index contributed by atoms with van der Waals surface area (Å²) in [5.74, 6) is -1.30. The second-order valence-electron chi connectivity index (χ2n) is 9.31. The number of para-hydroxylation sites is 1. The summed E-state index contributed by atoms with van der Waals surface area (Å²) in [6, 6.07) is 25.1. The Morgan fingerprint density at radius 1 is 0.950 bits per heavy atom. The molecule has 0 atom stereocenters. The fourth-order valence-electron chi connectivity index (χ4n) is 4.57.